The van der Waals surface area contributed by atoms with Crippen LogP contribution >= 0.6 is 0 Å². The topological polar surface area (TPSA) is 87.9 Å². The van der Waals surface area contributed by atoms with Gasteiger partial charge in [0, 0.05) is 49.7 Å². The lowest BCUT2D eigenvalue weighted by Gasteiger charge is -2.36. The van der Waals surface area contributed by atoms with E-state index in [2.05, 4.69) is 4.90 Å². The normalized spacial score (nSPS) is 13.4. The van der Waals surface area contributed by atoms with E-state index in [1.807, 2.05) is 101 Å². The molecule has 8 heteroatoms. The highest BCUT2D eigenvalue weighted by atomic mass is 16.5. The van der Waals surface area contributed by atoms with Crippen molar-refractivity contribution in [2.24, 2.45) is 0 Å². The number of aromatic carboxylic acids is 1. The highest BCUT2D eigenvalue weighted by Gasteiger charge is 2.26. The van der Waals surface area contributed by atoms with Crippen LogP contribution in [0.15, 0.2) is 97.2 Å². The van der Waals surface area contributed by atoms with Crippen LogP contribution in [0.2, 0.25) is 0 Å². The maximum Gasteiger partial charge on any atom is 0.336 e. The van der Waals surface area contributed by atoms with Crippen LogP contribution < -0.4 is 9.64 Å². The van der Waals surface area contributed by atoms with E-state index < -0.39 is 5.97 Å². The summed E-state index contributed by atoms with van der Waals surface area (Å²) in [4.78, 5) is 34.4. The summed E-state index contributed by atoms with van der Waals surface area (Å²) in [5.74, 6) is 0.347. The number of rotatable bonds is 7. The lowest BCUT2D eigenvalue weighted by molar-refractivity contribution is 0.0698. The first kappa shape index (κ1) is 26.1. The fraction of sp³-hybridized carbons (Fsp3) is 0.182. The first-order chi connectivity index (χ1) is 20.0. The van der Waals surface area contributed by atoms with Gasteiger partial charge in [0.05, 0.1) is 17.9 Å². The molecule has 5 aromatic rings. The van der Waals surface area contributed by atoms with Gasteiger partial charge in [-0.1, -0.05) is 60.7 Å². The average Bonchev–Trinajstić information content (AvgIpc) is 3.47. The summed E-state index contributed by atoms with van der Waals surface area (Å²) in [5.41, 5.74) is 3.26. The molecule has 0 atom stereocenters. The summed E-state index contributed by atoms with van der Waals surface area (Å²) >= 11 is 0. The number of nitrogens with zero attached hydrogens (tertiary/aromatic N) is 4. The van der Waals surface area contributed by atoms with Gasteiger partial charge in [-0.05, 0) is 42.0 Å². The third-order valence-electron chi connectivity index (χ3n) is 7.37. The summed E-state index contributed by atoms with van der Waals surface area (Å²) in [7, 11) is 0. The zero-order valence-corrected chi connectivity index (χ0v) is 22.7. The Balaban J connectivity index is 1.26. The highest BCUT2D eigenvalue weighted by Crippen LogP contribution is 2.29. The summed E-state index contributed by atoms with van der Waals surface area (Å²) < 4.78 is 7.64. The van der Waals surface area contributed by atoms with Crippen molar-refractivity contribution in [1.82, 2.24) is 14.5 Å². The lowest BCUT2D eigenvalue weighted by atomic mass is 10.0. The number of anilines is 1. The number of piperazine rings is 1. The van der Waals surface area contributed by atoms with E-state index >= 15 is 0 Å². The number of carboxylic acids is 1. The average molecular weight is 547 g/mol. The van der Waals surface area contributed by atoms with Gasteiger partial charge in [0.1, 0.15) is 17.3 Å². The molecule has 1 saturated heterocycles. The van der Waals surface area contributed by atoms with E-state index in [1.54, 1.807) is 12.3 Å². The van der Waals surface area contributed by atoms with Crippen molar-refractivity contribution in [1.29, 1.82) is 0 Å². The molecule has 4 aromatic carbocycles. The van der Waals surface area contributed by atoms with Crippen molar-refractivity contribution in [3.05, 3.63) is 108 Å². The van der Waals surface area contributed by atoms with Crippen LogP contribution in [0.1, 0.15) is 27.8 Å². The number of carboxylic acid groups (broad SMARTS) is 1. The molecule has 1 aromatic heterocycles. The van der Waals surface area contributed by atoms with Gasteiger partial charge in [-0.3, -0.25) is 9.36 Å². The van der Waals surface area contributed by atoms with E-state index in [1.165, 1.54) is 0 Å². The monoisotopic (exact) mass is 546 g/mol. The van der Waals surface area contributed by atoms with Crippen molar-refractivity contribution in [3.63, 3.8) is 0 Å². The molecule has 206 valence electrons. The predicted octanol–water partition coefficient (Wildman–Crippen LogP) is 5.75. The molecule has 6 rings (SSSR count). The number of amides is 1. The minimum Gasteiger partial charge on any atom is -0.494 e. The third-order valence-corrected chi connectivity index (χ3v) is 7.37. The molecule has 0 aliphatic carbocycles. The molecule has 0 spiro atoms. The molecular weight excluding hydrogens is 516 g/mol. The van der Waals surface area contributed by atoms with Gasteiger partial charge in [0.2, 0.25) is 0 Å². The SMILES string of the molecule is CCOc1cccc(-n2cc(C(=O)N3CCN(c4cc(C(=O)O)c5ccccc5c4)CC3)nc2-c2ccccc2)c1. The van der Waals surface area contributed by atoms with Crippen LogP contribution in [0.4, 0.5) is 5.69 Å². The van der Waals surface area contributed by atoms with Gasteiger partial charge < -0.3 is 19.6 Å². The summed E-state index contributed by atoms with van der Waals surface area (Å²) in [6, 6.07) is 28.8. The van der Waals surface area contributed by atoms with Crippen molar-refractivity contribution in [3.8, 4) is 22.8 Å². The molecule has 2 heterocycles. The van der Waals surface area contributed by atoms with Crippen LogP contribution in [0.3, 0.4) is 0 Å². The minimum absolute atomic E-state index is 0.133. The second kappa shape index (κ2) is 11.2. The van der Waals surface area contributed by atoms with Crippen LogP contribution in [0.25, 0.3) is 27.8 Å². The highest BCUT2D eigenvalue weighted by molar-refractivity contribution is 6.05. The number of ether oxygens (including phenoxy) is 1. The Morgan fingerprint density at radius 1 is 0.854 bits per heavy atom. The summed E-state index contributed by atoms with van der Waals surface area (Å²) in [6.45, 7) is 4.69. The summed E-state index contributed by atoms with van der Waals surface area (Å²) in [6.07, 6.45) is 1.80. The molecule has 41 heavy (non-hydrogen) atoms. The van der Waals surface area contributed by atoms with Gasteiger partial charge in [0.15, 0.2) is 0 Å². The molecule has 0 radical (unpaired) electrons. The number of fused-ring (bicyclic) bond motifs is 1. The predicted molar refractivity (Wildman–Crippen MR) is 159 cm³/mol. The largest absolute Gasteiger partial charge is 0.494 e. The maximum absolute atomic E-state index is 13.7. The molecule has 1 aliphatic rings. The van der Waals surface area contributed by atoms with E-state index in [-0.39, 0.29) is 11.5 Å². The second-order valence-corrected chi connectivity index (χ2v) is 9.92. The van der Waals surface area contributed by atoms with E-state index in [9.17, 15) is 14.7 Å². The Hall–Kier alpha value is -5.11. The van der Waals surface area contributed by atoms with Gasteiger partial charge in [-0.15, -0.1) is 0 Å². The van der Waals surface area contributed by atoms with Crippen LogP contribution in [-0.2, 0) is 0 Å². The summed E-state index contributed by atoms with van der Waals surface area (Å²) in [5, 5.41) is 11.4. The van der Waals surface area contributed by atoms with Crippen LogP contribution in [0.5, 0.6) is 5.75 Å². The molecule has 1 amide bonds. The van der Waals surface area contributed by atoms with Gasteiger partial charge in [0.25, 0.3) is 5.91 Å². The fourth-order valence-electron chi connectivity index (χ4n) is 5.34. The molecule has 1 aliphatic heterocycles. The minimum atomic E-state index is -0.950. The van der Waals surface area contributed by atoms with Gasteiger partial charge in [-0.25, -0.2) is 9.78 Å². The van der Waals surface area contributed by atoms with E-state index in [0.29, 0.717) is 49.7 Å². The number of carbonyl (C=O) groups excluding carboxylic acids is 1. The zero-order chi connectivity index (χ0) is 28.3. The molecule has 0 bridgehead atoms. The number of hydrogen-bond acceptors (Lipinski definition) is 5. The number of imidazole rings is 1. The molecule has 0 unspecified atom stereocenters. The number of carbonyl (C=O) groups is 2. The number of hydrogen-bond donors (Lipinski definition) is 1. The van der Waals surface area contributed by atoms with E-state index in [4.69, 9.17) is 9.72 Å². The molecular formula is C33H30N4O4. The Bertz CT molecular complexity index is 1720. The van der Waals surface area contributed by atoms with Gasteiger partial charge >= 0.3 is 5.97 Å². The zero-order valence-electron chi connectivity index (χ0n) is 22.7. The van der Waals surface area contributed by atoms with Crippen molar-refractivity contribution in [2.45, 2.75) is 6.92 Å². The smallest absolute Gasteiger partial charge is 0.336 e. The quantitative estimate of drug-likeness (QED) is 0.280. The maximum atomic E-state index is 13.7. The molecule has 8 nitrogen and oxygen atoms in total. The Morgan fingerprint density at radius 2 is 1.61 bits per heavy atom. The van der Waals surface area contributed by atoms with Crippen molar-refractivity contribution >= 4 is 28.3 Å². The standard InChI is InChI=1S/C33H30N4O4/c1-2-41-27-13-8-12-25(20-27)37-22-30(34-31(37)23-9-4-3-5-10-23)32(38)36-17-15-35(16-18-36)26-19-24-11-6-7-14-28(24)29(21-26)33(39)40/h3-14,19-22H,2,15-18H2,1H3,(H,39,40). The Kier molecular flexibility index (Phi) is 7.12. The molecule has 1 N–H and O–H groups in total. The first-order valence-corrected chi connectivity index (χ1v) is 13.7. The lowest BCUT2D eigenvalue weighted by Crippen LogP contribution is -2.49. The first-order valence-electron chi connectivity index (χ1n) is 13.7. The van der Waals surface area contributed by atoms with Crippen LogP contribution in [-0.4, -0.2) is 64.2 Å². The fourth-order valence-corrected chi connectivity index (χ4v) is 5.34. The van der Waals surface area contributed by atoms with Gasteiger partial charge in [-0.2, -0.15) is 0 Å². The Labute approximate surface area is 238 Å². The molecule has 0 saturated carbocycles. The van der Waals surface area contributed by atoms with Crippen molar-refractivity contribution < 1.29 is 19.4 Å². The molecule has 1 fully saturated rings. The Morgan fingerprint density at radius 3 is 2.37 bits per heavy atom. The van der Waals surface area contributed by atoms with Crippen LogP contribution in [0, 0.1) is 0 Å². The van der Waals surface area contributed by atoms with E-state index in [0.717, 1.165) is 28.1 Å². The number of benzene rings is 4. The number of aromatic nitrogens is 2. The third kappa shape index (κ3) is 5.24. The van der Waals surface area contributed by atoms with Crippen molar-refractivity contribution in [2.75, 3.05) is 37.7 Å². The second-order valence-electron chi connectivity index (χ2n) is 9.92.